The number of piperidine rings is 1. The number of likely N-dealkylation sites (tertiary alicyclic amines) is 1. The summed E-state index contributed by atoms with van der Waals surface area (Å²) in [6.45, 7) is 4.56. The maximum absolute atomic E-state index is 12.9. The van der Waals surface area contributed by atoms with Gasteiger partial charge in [-0.2, -0.15) is 0 Å². The SMILES string of the molecule is CCOc1cc(C(=O)N(C)CCOc2ccc(OC)cc2)ccc1OCC(=O)N1CCCCC1. The average Bonchev–Trinajstić information content (AvgIpc) is 2.88. The predicted octanol–water partition coefficient (Wildman–Crippen LogP) is 3.64. The minimum atomic E-state index is -0.157. The number of hydrogen-bond acceptors (Lipinski definition) is 6. The van der Waals surface area contributed by atoms with Crippen LogP contribution in [0.1, 0.15) is 36.5 Å². The molecule has 8 nitrogen and oxygen atoms in total. The lowest BCUT2D eigenvalue weighted by Gasteiger charge is -2.26. The van der Waals surface area contributed by atoms with Crippen LogP contribution in [0.15, 0.2) is 42.5 Å². The largest absolute Gasteiger partial charge is 0.497 e. The number of benzene rings is 2. The average molecular weight is 471 g/mol. The van der Waals surface area contributed by atoms with E-state index < -0.39 is 0 Å². The maximum atomic E-state index is 12.9. The summed E-state index contributed by atoms with van der Waals surface area (Å²) < 4.78 is 22.3. The van der Waals surface area contributed by atoms with Crippen LogP contribution < -0.4 is 18.9 Å². The molecule has 0 spiro atoms. The number of rotatable bonds is 11. The zero-order valence-corrected chi connectivity index (χ0v) is 20.2. The topological polar surface area (TPSA) is 77.5 Å². The quantitative estimate of drug-likeness (QED) is 0.499. The van der Waals surface area contributed by atoms with Crippen LogP contribution in [0.25, 0.3) is 0 Å². The molecule has 34 heavy (non-hydrogen) atoms. The van der Waals surface area contributed by atoms with Gasteiger partial charge < -0.3 is 28.7 Å². The molecule has 0 atom stereocenters. The Morgan fingerprint density at radius 2 is 1.62 bits per heavy atom. The normalized spacial score (nSPS) is 13.2. The fourth-order valence-corrected chi connectivity index (χ4v) is 3.70. The van der Waals surface area contributed by atoms with E-state index in [4.69, 9.17) is 18.9 Å². The number of amides is 2. The molecule has 0 aromatic heterocycles. The van der Waals surface area contributed by atoms with Crippen molar-refractivity contribution in [2.45, 2.75) is 26.2 Å². The molecule has 184 valence electrons. The minimum absolute atomic E-state index is 0.0288. The first-order valence-corrected chi connectivity index (χ1v) is 11.7. The van der Waals surface area contributed by atoms with E-state index in [1.807, 2.05) is 36.1 Å². The molecular formula is C26H34N2O6. The Hall–Kier alpha value is -3.42. The third-order valence-electron chi connectivity index (χ3n) is 5.65. The Morgan fingerprint density at radius 3 is 2.29 bits per heavy atom. The number of hydrogen-bond donors (Lipinski definition) is 0. The predicted molar refractivity (Wildman–Crippen MR) is 129 cm³/mol. The van der Waals surface area contributed by atoms with E-state index in [0.29, 0.717) is 42.6 Å². The Balaban J connectivity index is 1.55. The van der Waals surface area contributed by atoms with Crippen LogP contribution in [0.3, 0.4) is 0 Å². The zero-order valence-electron chi connectivity index (χ0n) is 20.2. The lowest BCUT2D eigenvalue weighted by Crippen LogP contribution is -2.38. The molecule has 1 aliphatic rings. The Morgan fingerprint density at radius 1 is 0.912 bits per heavy atom. The maximum Gasteiger partial charge on any atom is 0.260 e. The van der Waals surface area contributed by atoms with Gasteiger partial charge in [0.05, 0.1) is 20.3 Å². The zero-order chi connectivity index (χ0) is 24.3. The molecule has 0 aliphatic carbocycles. The third-order valence-corrected chi connectivity index (χ3v) is 5.65. The second-order valence-corrected chi connectivity index (χ2v) is 8.08. The Labute approximate surface area is 201 Å². The summed E-state index contributed by atoms with van der Waals surface area (Å²) >= 11 is 0. The van der Waals surface area contributed by atoms with Crippen molar-refractivity contribution in [3.8, 4) is 23.0 Å². The van der Waals surface area contributed by atoms with Gasteiger partial charge in [0.15, 0.2) is 18.1 Å². The third kappa shape index (κ3) is 7.04. The first-order chi connectivity index (χ1) is 16.5. The highest BCUT2D eigenvalue weighted by Crippen LogP contribution is 2.29. The standard InChI is InChI=1S/C26H34N2O6/c1-4-32-24-18-20(8-13-23(24)34-19-25(29)28-14-6-5-7-15-28)26(30)27(2)16-17-33-22-11-9-21(31-3)10-12-22/h8-13,18H,4-7,14-17,19H2,1-3H3. The summed E-state index contributed by atoms with van der Waals surface area (Å²) in [4.78, 5) is 28.8. The highest BCUT2D eigenvalue weighted by atomic mass is 16.5. The summed E-state index contributed by atoms with van der Waals surface area (Å²) in [5.41, 5.74) is 0.477. The van der Waals surface area contributed by atoms with E-state index in [-0.39, 0.29) is 18.4 Å². The van der Waals surface area contributed by atoms with Crippen LogP contribution >= 0.6 is 0 Å². The first-order valence-electron chi connectivity index (χ1n) is 11.7. The van der Waals surface area contributed by atoms with Crippen molar-refractivity contribution in [2.75, 3.05) is 53.6 Å². The van der Waals surface area contributed by atoms with Crippen molar-refractivity contribution >= 4 is 11.8 Å². The molecule has 2 aromatic carbocycles. The van der Waals surface area contributed by atoms with Crippen molar-refractivity contribution in [3.05, 3.63) is 48.0 Å². The highest BCUT2D eigenvalue weighted by molar-refractivity contribution is 5.94. The Kier molecular flexibility index (Phi) is 9.43. The fourth-order valence-electron chi connectivity index (χ4n) is 3.70. The molecule has 3 rings (SSSR count). The summed E-state index contributed by atoms with van der Waals surface area (Å²) in [5, 5.41) is 0. The van der Waals surface area contributed by atoms with Crippen molar-refractivity contribution in [1.82, 2.24) is 9.80 Å². The number of ether oxygens (including phenoxy) is 4. The lowest BCUT2D eigenvalue weighted by molar-refractivity contribution is -0.134. The molecule has 1 heterocycles. The fraction of sp³-hybridized carbons (Fsp3) is 0.462. The van der Waals surface area contributed by atoms with Gasteiger partial charge in [0.25, 0.3) is 11.8 Å². The van der Waals surface area contributed by atoms with Gasteiger partial charge in [-0.25, -0.2) is 0 Å². The van der Waals surface area contributed by atoms with E-state index >= 15 is 0 Å². The van der Waals surface area contributed by atoms with Crippen molar-refractivity contribution in [1.29, 1.82) is 0 Å². The number of likely N-dealkylation sites (N-methyl/N-ethyl adjacent to an activating group) is 1. The van der Waals surface area contributed by atoms with E-state index in [9.17, 15) is 9.59 Å². The van der Waals surface area contributed by atoms with E-state index in [0.717, 1.165) is 38.1 Å². The molecule has 0 saturated carbocycles. The molecule has 0 bridgehead atoms. The monoisotopic (exact) mass is 470 g/mol. The summed E-state index contributed by atoms with van der Waals surface area (Å²) in [5.74, 6) is 2.18. The van der Waals surface area contributed by atoms with Crippen LogP contribution in [0, 0.1) is 0 Å². The summed E-state index contributed by atoms with van der Waals surface area (Å²) in [7, 11) is 3.34. The number of carbonyl (C=O) groups excluding carboxylic acids is 2. The first kappa shape index (κ1) is 25.2. The van der Waals surface area contributed by atoms with Crippen molar-refractivity contribution < 1.29 is 28.5 Å². The second kappa shape index (κ2) is 12.7. The van der Waals surface area contributed by atoms with Crippen LogP contribution in [0.2, 0.25) is 0 Å². The van der Waals surface area contributed by atoms with Crippen LogP contribution in [-0.2, 0) is 4.79 Å². The number of methoxy groups -OCH3 is 1. The second-order valence-electron chi connectivity index (χ2n) is 8.08. The van der Waals surface area contributed by atoms with Gasteiger partial charge in [-0.05, 0) is 68.7 Å². The van der Waals surface area contributed by atoms with Crippen LogP contribution in [0.4, 0.5) is 0 Å². The van der Waals surface area contributed by atoms with Crippen LogP contribution in [0.5, 0.6) is 23.0 Å². The van der Waals surface area contributed by atoms with Gasteiger partial charge in [0.1, 0.15) is 18.1 Å². The Bertz CT molecular complexity index is 941. The molecule has 2 aromatic rings. The smallest absolute Gasteiger partial charge is 0.260 e. The molecule has 1 aliphatic heterocycles. The number of nitrogens with zero attached hydrogens (tertiary/aromatic N) is 2. The molecule has 2 amide bonds. The highest BCUT2D eigenvalue weighted by Gasteiger charge is 2.19. The molecule has 1 saturated heterocycles. The van der Waals surface area contributed by atoms with Gasteiger partial charge in [0, 0.05) is 25.7 Å². The van der Waals surface area contributed by atoms with Gasteiger partial charge in [0.2, 0.25) is 0 Å². The summed E-state index contributed by atoms with van der Waals surface area (Å²) in [6.07, 6.45) is 3.23. The van der Waals surface area contributed by atoms with E-state index in [1.54, 1.807) is 37.3 Å². The van der Waals surface area contributed by atoms with Gasteiger partial charge >= 0.3 is 0 Å². The van der Waals surface area contributed by atoms with E-state index in [2.05, 4.69) is 0 Å². The van der Waals surface area contributed by atoms with Gasteiger partial charge in [-0.1, -0.05) is 0 Å². The van der Waals surface area contributed by atoms with Crippen molar-refractivity contribution in [3.63, 3.8) is 0 Å². The molecular weight excluding hydrogens is 436 g/mol. The van der Waals surface area contributed by atoms with Crippen LogP contribution in [-0.4, -0.2) is 75.2 Å². The van der Waals surface area contributed by atoms with Gasteiger partial charge in [-0.3, -0.25) is 9.59 Å². The van der Waals surface area contributed by atoms with Crippen molar-refractivity contribution in [2.24, 2.45) is 0 Å². The van der Waals surface area contributed by atoms with Gasteiger partial charge in [-0.15, -0.1) is 0 Å². The molecule has 0 unspecified atom stereocenters. The van der Waals surface area contributed by atoms with E-state index in [1.165, 1.54) is 0 Å². The molecule has 0 N–H and O–H groups in total. The number of carbonyl (C=O) groups is 2. The lowest BCUT2D eigenvalue weighted by atomic mass is 10.1. The molecule has 1 fully saturated rings. The molecule has 0 radical (unpaired) electrons. The summed E-state index contributed by atoms with van der Waals surface area (Å²) in [6, 6.07) is 12.3. The molecule has 8 heteroatoms. The minimum Gasteiger partial charge on any atom is -0.497 e.